The van der Waals surface area contributed by atoms with Gasteiger partial charge in [-0.25, -0.2) is 9.59 Å². The van der Waals surface area contributed by atoms with Crippen molar-refractivity contribution < 1.29 is 41.4 Å². The Labute approximate surface area is 209 Å². The number of esters is 2. The van der Waals surface area contributed by atoms with Gasteiger partial charge in [-0.05, 0) is 66.2 Å². The molecule has 0 aliphatic rings. The van der Waals surface area contributed by atoms with Crippen LogP contribution in [0.3, 0.4) is 0 Å². The van der Waals surface area contributed by atoms with Crippen LogP contribution in [0.15, 0.2) is 72.8 Å². The molecule has 0 aliphatic carbocycles. The molecule has 0 spiro atoms. The molecule has 0 bridgehead atoms. The van der Waals surface area contributed by atoms with Gasteiger partial charge in [-0.15, -0.1) is 0 Å². The van der Waals surface area contributed by atoms with Crippen LogP contribution in [-0.4, -0.2) is 24.0 Å². The summed E-state index contributed by atoms with van der Waals surface area (Å²) in [4.78, 5) is 24.2. The minimum Gasteiger partial charge on any atom is -0.458 e. The topological polar surface area (TPSA) is 114 Å². The zero-order valence-corrected chi connectivity index (χ0v) is 19.4. The SMILES string of the molecule is CC(F)(F)C(F)(F)Oc1ccc(C(=O)Oc2ccc(C=CC(=O)OCc3cc(N)ccc3N)cc2)cc1. The molecule has 0 saturated carbocycles. The molecular weight excluding hydrogens is 496 g/mol. The first-order valence-electron chi connectivity index (χ1n) is 10.7. The molecule has 3 aromatic rings. The monoisotopic (exact) mass is 518 g/mol. The fraction of sp³-hybridized carbons (Fsp3) is 0.154. The van der Waals surface area contributed by atoms with Gasteiger partial charge in [0.05, 0.1) is 5.56 Å². The number of halogens is 4. The van der Waals surface area contributed by atoms with Crippen molar-refractivity contribution in [2.75, 3.05) is 11.5 Å². The molecule has 4 N–H and O–H groups in total. The molecule has 3 aromatic carbocycles. The van der Waals surface area contributed by atoms with Crippen LogP contribution in [-0.2, 0) is 16.1 Å². The van der Waals surface area contributed by atoms with Crippen LogP contribution in [0.4, 0.5) is 28.9 Å². The summed E-state index contributed by atoms with van der Waals surface area (Å²) in [6, 6.07) is 15.0. The number of carbonyl (C=O) groups is 2. The minimum absolute atomic E-state index is 0.0218. The van der Waals surface area contributed by atoms with Gasteiger partial charge in [-0.3, -0.25) is 0 Å². The maximum atomic E-state index is 13.3. The highest BCUT2D eigenvalue weighted by atomic mass is 19.3. The first-order valence-corrected chi connectivity index (χ1v) is 10.7. The second-order valence-electron chi connectivity index (χ2n) is 7.89. The Hall–Kier alpha value is -4.54. The van der Waals surface area contributed by atoms with Crippen LogP contribution in [0.5, 0.6) is 11.5 Å². The zero-order chi connectivity index (χ0) is 27.2. The number of hydrogen-bond acceptors (Lipinski definition) is 7. The Morgan fingerprint density at radius 1 is 0.892 bits per heavy atom. The van der Waals surface area contributed by atoms with E-state index in [1.54, 1.807) is 30.3 Å². The van der Waals surface area contributed by atoms with Crippen molar-refractivity contribution in [3.63, 3.8) is 0 Å². The number of alkyl halides is 4. The molecule has 0 aliphatic heterocycles. The summed E-state index contributed by atoms with van der Waals surface area (Å²) in [7, 11) is 0. The molecule has 0 fully saturated rings. The lowest BCUT2D eigenvalue weighted by molar-refractivity contribution is -0.301. The summed E-state index contributed by atoms with van der Waals surface area (Å²) in [5.41, 5.74) is 13.6. The number of hydrogen-bond donors (Lipinski definition) is 2. The van der Waals surface area contributed by atoms with Crippen molar-refractivity contribution in [3.05, 3.63) is 89.5 Å². The molecule has 11 heteroatoms. The molecule has 0 amide bonds. The molecule has 0 radical (unpaired) electrons. The van der Waals surface area contributed by atoms with E-state index in [0.717, 1.165) is 24.3 Å². The van der Waals surface area contributed by atoms with E-state index in [0.29, 0.717) is 22.5 Å². The standard InChI is InChI=1S/C26H22F4N2O5/c1-25(27,28)26(29,30)37-21-10-5-17(6-11-21)24(34)36-20-8-2-16(3-9-20)4-13-23(33)35-15-18-14-19(31)7-12-22(18)32/h2-14H,15,31-32H2,1H3. The Morgan fingerprint density at radius 2 is 1.51 bits per heavy atom. The maximum absolute atomic E-state index is 13.3. The van der Waals surface area contributed by atoms with Gasteiger partial charge in [-0.2, -0.15) is 17.6 Å². The second kappa shape index (κ2) is 11.0. The van der Waals surface area contributed by atoms with Crippen molar-refractivity contribution >= 4 is 29.4 Å². The Balaban J connectivity index is 1.53. The van der Waals surface area contributed by atoms with Crippen LogP contribution in [0.25, 0.3) is 6.08 Å². The van der Waals surface area contributed by atoms with Gasteiger partial charge < -0.3 is 25.7 Å². The lowest BCUT2D eigenvalue weighted by Crippen LogP contribution is -2.42. The van der Waals surface area contributed by atoms with Crippen LogP contribution in [0.2, 0.25) is 0 Å². The van der Waals surface area contributed by atoms with E-state index in [1.807, 2.05) is 0 Å². The number of anilines is 2. The molecule has 0 atom stereocenters. The average molecular weight is 518 g/mol. The molecule has 194 valence electrons. The van der Waals surface area contributed by atoms with Crippen molar-refractivity contribution in [2.45, 2.75) is 25.6 Å². The second-order valence-corrected chi connectivity index (χ2v) is 7.89. The summed E-state index contributed by atoms with van der Waals surface area (Å²) in [6.45, 7) is -0.0134. The van der Waals surface area contributed by atoms with Crippen LogP contribution < -0.4 is 20.9 Å². The first-order chi connectivity index (χ1) is 17.3. The van der Waals surface area contributed by atoms with Gasteiger partial charge in [0.15, 0.2) is 0 Å². The fourth-order valence-corrected chi connectivity index (χ4v) is 2.82. The summed E-state index contributed by atoms with van der Waals surface area (Å²) in [5, 5.41) is 0. The van der Waals surface area contributed by atoms with Gasteiger partial charge in [0.25, 0.3) is 0 Å². The Morgan fingerprint density at radius 3 is 2.14 bits per heavy atom. The van der Waals surface area contributed by atoms with Gasteiger partial charge in [0, 0.05) is 29.9 Å². The molecule has 0 unspecified atom stereocenters. The van der Waals surface area contributed by atoms with E-state index in [2.05, 4.69) is 4.74 Å². The Kier molecular flexibility index (Phi) is 8.06. The van der Waals surface area contributed by atoms with E-state index in [1.165, 1.54) is 24.3 Å². The molecule has 0 saturated heterocycles. The van der Waals surface area contributed by atoms with Crippen molar-refractivity contribution in [1.82, 2.24) is 0 Å². The number of ether oxygens (including phenoxy) is 3. The normalized spacial score (nSPS) is 11.8. The van der Waals surface area contributed by atoms with Crippen molar-refractivity contribution in [1.29, 1.82) is 0 Å². The van der Waals surface area contributed by atoms with Gasteiger partial charge in [-0.1, -0.05) is 12.1 Å². The van der Waals surface area contributed by atoms with E-state index in [-0.39, 0.29) is 24.8 Å². The molecular formula is C26H22F4N2O5. The zero-order valence-electron chi connectivity index (χ0n) is 19.4. The summed E-state index contributed by atoms with van der Waals surface area (Å²) in [6.07, 6.45) is -2.01. The largest absolute Gasteiger partial charge is 0.463 e. The average Bonchev–Trinajstić information content (AvgIpc) is 2.83. The predicted octanol–water partition coefficient (Wildman–Crippen LogP) is 5.45. The highest BCUT2D eigenvalue weighted by Gasteiger charge is 2.55. The van der Waals surface area contributed by atoms with Gasteiger partial charge in [0.1, 0.15) is 18.1 Å². The third-order valence-electron chi connectivity index (χ3n) is 4.89. The fourth-order valence-electron chi connectivity index (χ4n) is 2.82. The molecule has 7 nitrogen and oxygen atoms in total. The van der Waals surface area contributed by atoms with Gasteiger partial charge in [0.2, 0.25) is 0 Å². The number of carbonyl (C=O) groups excluding carboxylic acids is 2. The summed E-state index contributed by atoms with van der Waals surface area (Å²) >= 11 is 0. The highest BCUT2D eigenvalue weighted by molar-refractivity contribution is 5.91. The maximum Gasteiger partial charge on any atom is 0.463 e. The quantitative estimate of drug-likeness (QED) is 0.127. The first kappa shape index (κ1) is 27.1. The Bertz CT molecular complexity index is 1290. The van der Waals surface area contributed by atoms with E-state index >= 15 is 0 Å². The third kappa shape index (κ3) is 7.47. The number of nitrogens with two attached hydrogens (primary N) is 2. The highest BCUT2D eigenvalue weighted by Crippen LogP contribution is 2.35. The number of nitrogen functional groups attached to an aromatic ring is 2. The molecule has 3 rings (SSSR count). The van der Waals surface area contributed by atoms with Crippen LogP contribution >= 0.6 is 0 Å². The number of rotatable bonds is 9. The van der Waals surface area contributed by atoms with Crippen molar-refractivity contribution in [2.24, 2.45) is 0 Å². The van der Waals surface area contributed by atoms with E-state index in [9.17, 15) is 27.2 Å². The van der Waals surface area contributed by atoms with Crippen molar-refractivity contribution in [3.8, 4) is 11.5 Å². The van der Waals surface area contributed by atoms with Gasteiger partial charge >= 0.3 is 24.0 Å². The van der Waals surface area contributed by atoms with E-state index in [4.69, 9.17) is 20.9 Å². The lowest BCUT2D eigenvalue weighted by Gasteiger charge is -2.23. The van der Waals surface area contributed by atoms with Crippen LogP contribution in [0, 0.1) is 0 Å². The predicted molar refractivity (Wildman–Crippen MR) is 128 cm³/mol. The van der Waals surface area contributed by atoms with Crippen LogP contribution in [0.1, 0.15) is 28.4 Å². The number of benzene rings is 3. The molecule has 37 heavy (non-hydrogen) atoms. The smallest absolute Gasteiger partial charge is 0.458 e. The molecule has 0 heterocycles. The lowest BCUT2D eigenvalue weighted by atomic mass is 10.2. The third-order valence-corrected chi connectivity index (χ3v) is 4.89. The minimum atomic E-state index is -4.72. The molecule has 0 aromatic heterocycles. The summed E-state index contributed by atoms with van der Waals surface area (Å²) in [5.74, 6) is -6.19. The van der Waals surface area contributed by atoms with E-state index < -0.39 is 29.7 Å². The summed E-state index contributed by atoms with van der Waals surface area (Å²) < 4.78 is 66.8.